The molecule has 0 saturated carbocycles. The summed E-state index contributed by atoms with van der Waals surface area (Å²) in [6, 6.07) is 4.90. The lowest BCUT2D eigenvalue weighted by Crippen LogP contribution is -2.40. The molecule has 6 heteroatoms. The third-order valence-corrected chi connectivity index (χ3v) is 4.28. The zero-order valence-corrected chi connectivity index (χ0v) is 12.8. The van der Waals surface area contributed by atoms with Crippen molar-refractivity contribution in [1.29, 1.82) is 0 Å². The van der Waals surface area contributed by atoms with Crippen LogP contribution in [0.3, 0.4) is 0 Å². The Morgan fingerprint density at radius 3 is 2.90 bits per heavy atom. The lowest BCUT2D eigenvalue weighted by Gasteiger charge is -2.35. The lowest BCUT2D eigenvalue weighted by molar-refractivity contribution is -0.385. The number of nitro benzene ring substituents is 1. The molecule has 0 N–H and O–H groups in total. The van der Waals surface area contributed by atoms with Crippen LogP contribution in [0.25, 0.3) is 0 Å². The predicted octanol–water partition coefficient (Wildman–Crippen LogP) is 3.58. The van der Waals surface area contributed by atoms with Crippen LogP contribution in [0.1, 0.15) is 38.2 Å². The van der Waals surface area contributed by atoms with Crippen molar-refractivity contribution in [2.24, 2.45) is 0 Å². The van der Waals surface area contributed by atoms with Gasteiger partial charge in [0.05, 0.1) is 15.5 Å². The highest BCUT2D eigenvalue weighted by Crippen LogP contribution is 2.30. The standard InChI is InChI=1S/C15H19ClN2O3/c1-11(19)9-12-5-2-3-8-17(12)10-13-14(16)6-4-7-15(13)18(20)21/h4,6-7,12H,2-3,5,8-10H2,1H3. The molecule has 1 unspecified atom stereocenters. The SMILES string of the molecule is CC(=O)CC1CCCCN1Cc1c(Cl)cccc1[N+](=O)[O-]. The van der Waals surface area contributed by atoms with E-state index in [4.69, 9.17) is 11.6 Å². The number of rotatable bonds is 5. The van der Waals surface area contributed by atoms with Gasteiger partial charge in [-0.15, -0.1) is 0 Å². The van der Waals surface area contributed by atoms with Crippen LogP contribution in [0.15, 0.2) is 18.2 Å². The second kappa shape index (κ2) is 7.00. The van der Waals surface area contributed by atoms with Gasteiger partial charge in [-0.05, 0) is 32.4 Å². The normalized spacial score (nSPS) is 19.4. The summed E-state index contributed by atoms with van der Waals surface area (Å²) >= 11 is 6.15. The number of likely N-dealkylation sites (tertiary alicyclic amines) is 1. The molecule has 1 aliphatic heterocycles. The lowest BCUT2D eigenvalue weighted by atomic mass is 9.97. The zero-order chi connectivity index (χ0) is 15.4. The Morgan fingerprint density at radius 2 is 2.24 bits per heavy atom. The van der Waals surface area contributed by atoms with E-state index in [1.807, 2.05) is 0 Å². The van der Waals surface area contributed by atoms with E-state index in [0.717, 1.165) is 25.8 Å². The number of piperidine rings is 1. The molecule has 0 radical (unpaired) electrons. The second-order valence-electron chi connectivity index (χ2n) is 5.52. The smallest absolute Gasteiger partial charge is 0.275 e. The second-order valence-corrected chi connectivity index (χ2v) is 5.93. The van der Waals surface area contributed by atoms with E-state index in [2.05, 4.69) is 4.90 Å². The van der Waals surface area contributed by atoms with Gasteiger partial charge in [0.2, 0.25) is 0 Å². The Hall–Kier alpha value is -1.46. The minimum atomic E-state index is -0.398. The number of benzene rings is 1. The fraction of sp³-hybridized carbons (Fsp3) is 0.533. The van der Waals surface area contributed by atoms with E-state index in [1.165, 1.54) is 6.07 Å². The molecule has 1 heterocycles. The van der Waals surface area contributed by atoms with Crippen LogP contribution in [0.5, 0.6) is 0 Å². The Bertz CT molecular complexity index is 548. The first-order chi connectivity index (χ1) is 9.99. The van der Waals surface area contributed by atoms with Gasteiger partial charge in [-0.3, -0.25) is 19.8 Å². The van der Waals surface area contributed by atoms with Crippen molar-refractivity contribution in [3.05, 3.63) is 38.9 Å². The molecule has 0 amide bonds. The van der Waals surface area contributed by atoms with Crippen LogP contribution in [-0.2, 0) is 11.3 Å². The van der Waals surface area contributed by atoms with Gasteiger partial charge in [0.1, 0.15) is 5.78 Å². The van der Waals surface area contributed by atoms with Crippen LogP contribution in [0, 0.1) is 10.1 Å². The minimum Gasteiger partial charge on any atom is -0.300 e. The summed E-state index contributed by atoms with van der Waals surface area (Å²) in [6.07, 6.45) is 3.60. The molecule has 21 heavy (non-hydrogen) atoms. The average Bonchev–Trinajstić information content (AvgIpc) is 2.42. The van der Waals surface area contributed by atoms with E-state index >= 15 is 0 Å². The van der Waals surface area contributed by atoms with Crippen molar-refractivity contribution in [2.75, 3.05) is 6.54 Å². The van der Waals surface area contributed by atoms with Crippen molar-refractivity contribution in [3.8, 4) is 0 Å². The maximum atomic E-state index is 11.4. The fourth-order valence-corrected chi connectivity index (χ4v) is 3.14. The van der Waals surface area contributed by atoms with Gasteiger partial charge < -0.3 is 0 Å². The van der Waals surface area contributed by atoms with Crippen molar-refractivity contribution in [1.82, 2.24) is 4.90 Å². The fourth-order valence-electron chi connectivity index (χ4n) is 2.91. The molecular formula is C15H19ClN2O3. The number of Topliss-reactive ketones (excluding diaryl/α,β-unsaturated/α-hetero) is 1. The summed E-state index contributed by atoms with van der Waals surface area (Å²) in [5.74, 6) is 0.153. The summed E-state index contributed by atoms with van der Waals surface area (Å²) < 4.78 is 0. The molecule has 0 spiro atoms. The van der Waals surface area contributed by atoms with E-state index in [-0.39, 0.29) is 17.5 Å². The number of hydrogen-bond acceptors (Lipinski definition) is 4. The third-order valence-electron chi connectivity index (χ3n) is 3.92. The minimum absolute atomic E-state index is 0.0506. The third kappa shape index (κ3) is 4.02. The summed E-state index contributed by atoms with van der Waals surface area (Å²) in [6.45, 7) is 2.86. The van der Waals surface area contributed by atoms with Crippen molar-refractivity contribution in [2.45, 2.75) is 45.2 Å². The molecule has 1 atom stereocenters. The molecule has 1 aromatic rings. The van der Waals surface area contributed by atoms with Crippen LogP contribution < -0.4 is 0 Å². The van der Waals surface area contributed by atoms with Gasteiger partial charge in [0.15, 0.2) is 0 Å². The molecule has 0 bridgehead atoms. The van der Waals surface area contributed by atoms with Crippen LogP contribution in [0.4, 0.5) is 5.69 Å². The Labute approximate surface area is 129 Å². The highest BCUT2D eigenvalue weighted by Gasteiger charge is 2.27. The van der Waals surface area contributed by atoms with E-state index in [1.54, 1.807) is 19.1 Å². The summed E-state index contributed by atoms with van der Waals surface area (Å²) in [5.41, 5.74) is 0.592. The van der Waals surface area contributed by atoms with E-state index < -0.39 is 4.92 Å². The van der Waals surface area contributed by atoms with Crippen LogP contribution in [-0.4, -0.2) is 28.2 Å². The Balaban J connectivity index is 2.23. The number of hydrogen-bond donors (Lipinski definition) is 0. The van der Waals surface area contributed by atoms with E-state index in [0.29, 0.717) is 23.6 Å². The summed E-state index contributed by atoms with van der Waals surface area (Å²) in [7, 11) is 0. The van der Waals surface area contributed by atoms with Gasteiger partial charge in [-0.1, -0.05) is 24.1 Å². The van der Waals surface area contributed by atoms with Gasteiger partial charge >= 0.3 is 0 Å². The van der Waals surface area contributed by atoms with Gasteiger partial charge in [-0.25, -0.2) is 0 Å². The van der Waals surface area contributed by atoms with Gasteiger partial charge in [-0.2, -0.15) is 0 Å². The molecule has 0 aromatic heterocycles. The molecule has 114 valence electrons. The number of carbonyl (C=O) groups excluding carboxylic acids is 1. The van der Waals surface area contributed by atoms with Crippen molar-refractivity contribution >= 4 is 23.1 Å². The number of nitrogens with zero attached hydrogens (tertiary/aromatic N) is 2. The van der Waals surface area contributed by atoms with Gasteiger partial charge in [0, 0.05) is 25.1 Å². The van der Waals surface area contributed by atoms with E-state index in [9.17, 15) is 14.9 Å². The predicted molar refractivity (Wildman–Crippen MR) is 81.5 cm³/mol. The number of halogens is 1. The molecule has 1 fully saturated rings. The van der Waals surface area contributed by atoms with Crippen molar-refractivity contribution < 1.29 is 9.72 Å². The number of nitro groups is 1. The van der Waals surface area contributed by atoms with Crippen LogP contribution >= 0.6 is 11.6 Å². The first kappa shape index (κ1) is 15.9. The average molecular weight is 311 g/mol. The topological polar surface area (TPSA) is 63.5 Å². The summed E-state index contributed by atoms with van der Waals surface area (Å²) in [5, 5.41) is 11.6. The summed E-state index contributed by atoms with van der Waals surface area (Å²) in [4.78, 5) is 24.3. The number of carbonyl (C=O) groups is 1. The van der Waals surface area contributed by atoms with Crippen LogP contribution in [0.2, 0.25) is 5.02 Å². The molecule has 5 nitrogen and oxygen atoms in total. The quantitative estimate of drug-likeness (QED) is 0.616. The maximum absolute atomic E-state index is 11.4. The Morgan fingerprint density at radius 1 is 1.48 bits per heavy atom. The number of ketones is 1. The molecular weight excluding hydrogens is 292 g/mol. The first-order valence-electron chi connectivity index (χ1n) is 7.14. The first-order valence-corrected chi connectivity index (χ1v) is 7.52. The molecule has 1 saturated heterocycles. The highest BCUT2D eigenvalue weighted by molar-refractivity contribution is 6.31. The molecule has 1 aromatic carbocycles. The van der Waals surface area contributed by atoms with Crippen molar-refractivity contribution in [3.63, 3.8) is 0 Å². The monoisotopic (exact) mass is 310 g/mol. The Kier molecular flexibility index (Phi) is 5.31. The molecule has 2 rings (SSSR count). The highest BCUT2D eigenvalue weighted by atomic mass is 35.5. The molecule has 1 aliphatic rings. The maximum Gasteiger partial charge on any atom is 0.275 e. The largest absolute Gasteiger partial charge is 0.300 e. The van der Waals surface area contributed by atoms with Gasteiger partial charge in [0.25, 0.3) is 5.69 Å². The zero-order valence-electron chi connectivity index (χ0n) is 12.0. The molecule has 0 aliphatic carbocycles.